The molecule has 1 aromatic carbocycles. The maximum Gasteiger partial charge on any atom is 0.228 e. The third kappa shape index (κ3) is 3.75. The maximum atomic E-state index is 12.4. The summed E-state index contributed by atoms with van der Waals surface area (Å²) < 4.78 is 1.82. The summed E-state index contributed by atoms with van der Waals surface area (Å²) in [6, 6.07) is 7.12. The van der Waals surface area contributed by atoms with Crippen LogP contribution in [-0.4, -0.2) is 20.7 Å². The standard InChI is InChI=1S/C18H19ClN4OS/c1-10-13(4)25-18(20-10)23-12(3)16(11(2)22-23)9-17(24)21-15-7-5-6-14(19)8-15/h5-8H,9H2,1-4H3,(H,21,24). The lowest BCUT2D eigenvalue weighted by atomic mass is 10.1. The molecule has 25 heavy (non-hydrogen) atoms. The number of halogens is 1. The summed E-state index contributed by atoms with van der Waals surface area (Å²) in [5, 5.41) is 8.87. The summed E-state index contributed by atoms with van der Waals surface area (Å²) in [4.78, 5) is 18.1. The maximum absolute atomic E-state index is 12.4. The monoisotopic (exact) mass is 374 g/mol. The molecule has 0 spiro atoms. The number of thiazole rings is 1. The van der Waals surface area contributed by atoms with E-state index in [9.17, 15) is 4.79 Å². The predicted molar refractivity (Wildman–Crippen MR) is 102 cm³/mol. The van der Waals surface area contributed by atoms with E-state index in [2.05, 4.69) is 15.4 Å². The number of carbonyl (C=O) groups excluding carboxylic acids is 1. The van der Waals surface area contributed by atoms with Gasteiger partial charge in [0.05, 0.1) is 17.8 Å². The van der Waals surface area contributed by atoms with Crippen molar-refractivity contribution in [2.75, 3.05) is 5.32 Å². The van der Waals surface area contributed by atoms with E-state index in [1.165, 1.54) is 4.88 Å². The molecule has 1 amide bonds. The van der Waals surface area contributed by atoms with Crippen LogP contribution in [0, 0.1) is 27.7 Å². The average molecular weight is 375 g/mol. The summed E-state index contributed by atoms with van der Waals surface area (Å²) in [6.07, 6.45) is 0.257. The lowest BCUT2D eigenvalue weighted by Crippen LogP contribution is -2.15. The summed E-state index contributed by atoms with van der Waals surface area (Å²) >= 11 is 7.56. The van der Waals surface area contributed by atoms with Gasteiger partial charge in [-0.3, -0.25) is 4.79 Å². The lowest BCUT2D eigenvalue weighted by Gasteiger charge is -2.06. The number of nitrogens with one attached hydrogen (secondary N) is 1. The Morgan fingerprint density at radius 3 is 2.64 bits per heavy atom. The molecule has 0 aliphatic heterocycles. The fraction of sp³-hybridized carbons (Fsp3) is 0.278. The molecule has 2 heterocycles. The summed E-state index contributed by atoms with van der Waals surface area (Å²) in [6.45, 7) is 7.91. The van der Waals surface area contributed by atoms with Crippen LogP contribution in [0.15, 0.2) is 24.3 Å². The molecule has 3 aromatic rings. The molecule has 5 nitrogen and oxygen atoms in total. The van der Waals surface area contributed by atoms with E-state index in [1.54, 1.807) is 29.5 Å². The fourth-order valence-corrected chi connectivity index (χ4v) is 3.70. The minimum atomic E-state index is -0.0977. The number of benzene rings is 1. The van der Waals surface area contributed by atoms with Gasteiger partial charge in [0, 0.05) is 26.8 Å². The molecule has 3 rings (SSSR count). The van der Waals surface area contributed by atoms with Crippen LogP contribution < -0.4 is 5.32 Å². The number of aromatic nitrogens is 3. The fourth-order valence-electron chi connectivity index (χ4n) is 2.60. The molecule has 7 heteroatoms. The molecular weight excluding hydrogens is 356 g/mol. The number of aryl methyl sites for hydroxylation is 3. The van der Waals surface area contributed by atoms with Gasteiger partial charge in [0.25, 0.3) is 0 Å². The number of nitrogens with zero attached hydrogens (tertiary/aromatic N) is 3. The van der Waals surface area contributed by atoms with Crippen molar-refractivity contribution in [2.45, 2.75) is 34.1 Å². The number of rotatable bonds is 4. The van der Waals surface area contributed by atoms with E-state index < -0.39 is 0 Å². The lowest BCUT2D eigenvalue weighted by molar-refractivity contribution is -0.115. The third-order valence-corrected chi connectivity index (χ3v) is 5.37. The minimum Gasteiger partial charge on any atom is -0.326 e. The van der Waals surface area contributed by atoms with Crippen LogP contribution in [-0.2, 0) is 11.2 Å². The summed E-state index contributed by atoms with van der Waals surface area (Å²) in [5.74, 6) is -0.0977. The van der Waals surface area contributed by atoms with Crippen molar-refractivity contribution < 1.29 is 4.79 Å². The SMILES string of the molecule is Cc1nc(-n2nc(C)c(CC(=O)Nc3cccc(Cl)c3)c2C)sc1C. The van der Waals surface area contributed by atoms with Gasteiger partial charge in [0.15, 0.2) is 0 Å². The van der Waals surface area contributed by atoms with E-state index in [4.69, 9.17) is 11.6 Å². The van der Waals surface area contributed by atoms with Gasteiger partial charge in [-0.25, -0.2) is 9.67 Å². The molecule has 0 radical (unpaired) electrons. The highest BCUT2D eigenvalue weighted by atomic mass is 35.5. The van der Waals surface area contributed by atoms with E-state index in [0.29, 0.717) is 10.7 Å². The van der Waals surface area contributed by atoms with Crippen LogP contribution >= 0.6 is 22.9 Å². The van der Waals surface area contributed by atoms with Crippen LogP contribution in [0.2, 0.25) is 5.02 Å². The highest BCUT2D eigenvalue weighted by molar-refractivity contribution is 7.14. The quantitative estimate of drug-likeness (QED) is 0.736. The van der Waals surface area contributed by atoms with Crippen molar-refractivity contribution in [3.63, 3.8) is 0 Å². The third-order valence-electron chi connectivity index (χ3n) is 4.09. The largest absolute Gasteiger partial charge is 0.326 e. The van der Waals surface area contributed by atoms with Crippen LogP contribution in [0.3, 0.4) is 0 Å². The highest BCUT2D eigenvalue weighted by Gasteiger charge is 2.18. The van der Waals surface area contributed by atoms with E-state index in [1.807, 2.05) is 38.4 Å². The van der Waals surface area contributed by atoms with Crippen molar-refractivity contribution >= 4 is 34.5 Å². The van der Waals surface area contributed by atoms with Crippen LogP contribution in [0.1, 0.15) is 27.5 Å². The highest BCUT2D eigenvalue weighted by Crippen LogP contribution is 2.24. The van der Waals surface area contributed by atoms with E-state index >= 15 is 0 Å². The van der Waals surface area contributed by atoms with Crippen molar-refractivity contribution in [2.24, 2.45) is 0 Å². The number of carbonyl (C=O) groups is 1. The summed E-state index contributed by atoms with van der Waals surface area (Å²) in [7, 11) is 0. The van der Waals surface area contributed by atoms with Crippen molar-refractivity contribution in [3.8, 4) is 5.13 Å². The van der Waals surface area contributed by atoms with Gasteiger partial charge < -0.3 is 5.32 Å². The molecule has 0 fully saturated rings. The molecule has 0 bridgehead atoms. The topological polar surface area (TPSA) is 59.8 Å². The Morgan fingerprint density at radius 1 is 1.24 bits per heavy atom. The Hall–Kier alpha value is -2.18. The first kappa shape index (κ1) is 17.6. The molecule has 1 N–H and O–H groups in total. The second-order valence-corrected chi connectivity index (χ2v) is 7.55. The smallest absolute Gasteiger partial charge is 0.228 e. The first-order valence-electron chi connectivity index (χ1n) is 7.90. The zero-order valence-electron chi connectivity index (χ0n) is 14.6. The molecular formula is C18H19ClN4OS. The molecule has 0 unspecified atom stereocenters. The van der Waals surface area contributed by atoms with E-state index in [0.717, 1.165) is 27.8 Å². The molecule has 0 saturated heterocycles. The number of hydrogen-bond donors (Lipinski definition) is 1. The van der Waals surface area contributed by atoms with Gasteiger partial charge in [-0.2, -0.15) is 5.10 Å². The van der Waals surface area contributed by atoms with Gasteiger partial charge in [0.1, 0.15) is 0 Å². The van der Waals surface area contributed by atoms with E-state index in [-0.39, 0.29) is 12.3 Å². The van der Waals surface area contributed by atoms with Crippen molar-refractivity contribution in [3.05, 3.63) is 56.8 Å². The molecule has 130 valence electrons. The first-order chi connectivity index (χ1) is 11.8. The number of amides is 1. The average Bonchev–Trinajstić information content (AvgIpc) is 3.01. The zero-order chi connectivity index (χ0) is 18.1. The number of hydrogen-bond acceptors (Lipinski definition) is 4. The summed E-state index contributed by atoms with van der Waals surface area (Å²) in [5.41, 5.74) is 4.39. The van der Waals surface area contributed by atoms with Crippen LogP contribution in [0.25, 0.3) is 5.13 Å². The Balaban J connectivity index is 1.82. The molecule has 0 saturated carbocycles. The molecule has 0 aliphatic rings. The van der Waals surface area contributed by atoms with Gasteiger partial charge >= 0.3 is 0 Å². The molecule has 0 aliphatic carbocycles. The van der Waals surface area contributed by atoms with Crippen LogP contribution in [0.5, 0.6) is 0 Å². The first-order valence-corrected chi connectivity index (χ1v) is 9.09. The van der Waals surface area contributed by atoms with Crippen LogP contribution in [0.4, 0.5) is 5.69 Å². The van der Waals surface area contributed by atoms with Gasteiger partial charge in [-0.05, 0) is 45.9 Å². The Bertz CT molecular complexity index is 925. The van der Waals surface area contributed by atoms with Crippen molar-refractivity contribution in [1.82, 2.24) is 14.8 Å². The Morgan fingerprint density at radius 2 is 2.00 bits per heavy atom. The van der Waals surface area contributed by atoms with Gasteiger partial charge in [0.2, 0.25) is 11.0 Å². The molecule has 0 atom stereocenters. The van der Waals surface area contributed by atoms with Gasteiger partial charge in [-0.15, -0.1) is 0 Å². The number of anilines is 1. The minimum absolute atomic E-state index is 0.0977. The van der Waals surface area contributed by atoms with Gasteiger partial charge in [-0.1, -0.05) is 29.0 Å². The molecule has 2 aromatic heterocycles. The predicted octanol–water partition coefficient (Wildman–Crippen LogP) is 4.40. The zero-order valence-corrected chi connectivity index (χ0v) is 16.1. The second-order valence-electron chi connectivity index (χ2n) is 5.93. The van der Waals surface area contributed by atoms with Crippen molar-refractivity contribution in [1.29, 1.82) is 0 Å². The normalized spacial score (nSPS) is 10.9. The Labute approximate surface area is 155 Å². The Kier molecular flexibility index (Phi) is 4.92. The second kappa shape index (κ2) is 6.98.